The van der Waals surface area contributed by atoms with Crippen LogP contribution in [0.5, 0.6) is 0 Å². The Labute approximate surface area is 170 Å². The highest BCUT2D eigenvalue weighted by molar-refractivity contribution is 7.13. The van der Waals surface area contributed by atoms with Gasteiger partial charge in [-0.25, -0.2) is 9.50 Å². The van der Waals surface area contributed by atoms with Gasteiger partial charge < -0.3 is 8.98 Å². The molecule has 4 heterocycles. The molecule has 1 aromatic carbocycles. The van der Waals surface area contributed by atoms with Crippen LogP contribution in [0.4, 0.5) is 0 Å². The molecule has 0 fully saturated rings. The number of hydrogen-bond donors (Lipinski definition) is 0. The molecule has 5 rings (SSSR count). The van der Waals surface area contributed by atoms with E-state index in [4.69, 9.17) is 4.42 Å². The van der Waals surface area contributed by atoms with Crippen LogP contribution in [0.3, 0.4) is 0 Å². The molecule has 0 aliphatic rings. The number of oxazole rings is 1. The van der Waals surface area contributed by atoms with Crippen LogP contribution in [0, 0.1) is 13.8 Å². The Balaban J connectivity index is 1.52. The fraction of sp³-hybridized carbons (Fsp3) is 0.136. The smallest absolute Gasteiger partial charge is 0.276 e. The third kappa shape index (κ3) is 3.09. The minimum absolute atomic E-state index is 0.109. The molecule has 0 amide bonds. The van der Waals surface area contributed by atoms with Crippen LogP contribution in [0.2, 0.25) is 0 Å². The fourth-order valence-corrected chi connectivity index (χ4v) is 4.04. The number of benzene rings is 1. The van der Waals surface area contributed by atoms with E-state index in [1.54, 1.807) is 32.8 Å². The molecule has 0 spiro atoms. The van der Waals surface area contributed by atoms with Crippen LogP contribution in [0.25, 0.3) is 27.5 Å². The maximum Gasteiger partial charge on any atom is 0.276 e. The van der Waals surface area contributed by atoms with Crippen molar-refractivity contribution in [1.29, 1.82) is 0 Å². The predicted octanol–water partition coefficient (Wildman–Crippen LogP) is 4.54. The summed E-state index contributed by atoms with van der Waals surface area (Å²) in [4.78, 5) is 18.7. The van der Waals surface area contributed by atoms with Gasteiger partial charge in [-0.05, 0) is 43.0 Å². The zero-order valence-electron chi connectivity index (χ0n) is 16.0. The van der Waals surface area contributed by atoms with Crippen LogP contribution in [-0.2, 0) is 6.54 Å². The van der Waals surface area contributed by atoms with Crippen LogP contribution in [0.1, 0.15) is 17.0 Å². The van der Waals surface area contributed by atoms with E-state index in [0.29, 0.717) is 23.7 Å². The zero-order chi connectivity index (χ0) is 20.0. The van der Waals surface area contributed by atoms with Crippen molar-refractivity contribution in [3.05, 3.63) is 87.6 Å². The second kappa shape index (κ2) is 6.86. The molecule has 5 aromatic rings. The van der Waals surface area contributed by atoms with Gasteiger partial charge in [0.05, 0.1) is 11.4 Å². The number of thiophene rings is 1. The van der Waals surface area contributed by atoms with Gasteiger partial charge in [-0.3, -0.25) is 4.79 Å². The Morgan fingerprint density at radius 3 is 2.76 bits per heavy atom. The van der Waals surface area contributed by atoms with E-state index in [0.717, 1.165) is 27.4 Å². The summed E-state index contributed by atoms with van der Waals surface area (Å²) >= 11 is 1.60. The van der Waals surface area contributed by atoms with Crippen LogP contribution in [0.15, 0.2) is 69.5 Å². The van der Waals surface area contributed by atoms with E-state index in [1.165, 1.54) is 0 Å². The molecule has 0 N–H and O–H groups in total. The SMILES string of the molecule is Cc1ccccc1-c1nc(Cn2ccn3nc(-c4cccs4)cc3c2=O)c(C)o1. The van der Waals surface area contributed by atoms with E-state index in [-0.39, 0.29) is 5.56 Å². The summed E-state index contributed by atoms with van der Waals surface area (Å²) in [6.45, 7) is 4.25. The second-order valence-corrected chi connectivity index (χ2v) is 7.85. The maximum atomic E-state index is 13.0. The highest BCUT2D eigenvalue weighted by Gasteiger charge is 2.15. The summed E-state index contributed by atoms with van der Waals surface area (Å²) in [5.41, 5.74) is 4.03. The fourth-order valence-electron chi connectivity index (χ4n) is 3.36. The van der Waals surface area contributed by atoms with Gasteiger partial charge in [0.25, 0.3) is 5.56 Å². The molecule has 0 radical (unpaired) electrons. The van der Waals surface area contributed by atoms with Crippen molar-refractivity contribution < 1.29 is 4.42 Å². The van der Waals surface area contributed by atoms with Gasteiger partial charge in [-0.15, -0.1) is 11.3 Å². The highest BCUT2D eigenvalue weighted by atomic mass is 32.1. The van der Waals surface area contributed by atoms with Gasteiger partial charge in [0.2, 0.25) is 5.89 Å². The second-order valence-electron chi connectivity index (χ2n) is 6.90. The molecular weight excluding hydrogens is 384 g/mol. The topological polar surface area (TPSA) is 65.3 Å². The third-order valence-electron chi connectivity index (χ3n) is 4.97. The molecular formula is C22H18N4O2S. The average molecular weight is 402 g/mol. The van der Waals surface area contributed by atoms with E-state index in [2.05, 4.69) is 10.1 Å². The quantitative estimate of drug-likeness (QED) is 0.443. The summed E-state index contributed by atoms with van der Waals surface area (Å²) in [7, 11) is 0. The molecule has 4 aromatic heterocycles. The summed E-state index contributed by atoms with van der Waals surface area (Å²) in [5, 5.41) is 6.51. The van der Waals surface area contributed by atoms with Crippen LogP contribution in [-0.4, -0.2) is 19.2 Å². The largest absolute Gasteiger partial charge is 0.441 e. The van der Waals surface area contributed by atoms with Gasteiger partial charge in [0, 0.05) is 18.0 Å². The predicted molar refractivity (Wildman–Crippen MR) is 113 cm³/mol. The molecule has 7 heteroatoms. The Hall–Kier alpha value is -3.45. The normalized spacial score (nSPS) is 11.4. The Morgan fingerprint density at radius 2 is 1.97 bits per heavy atom. The van der Waals surface area contributed by atoms with E-state index >= 15 is 0 Å². The number of aryl methyl sites for hydroxylation is 2. The minimum atomic E-state index is -0.109. The third-order valence-corrected chi connectivity index (χ3v) is 5.86. The standard InChI is InChI=1S/C22H18N4O2S/c1-14-6-3-4-7-16(14)21-23-18(15(2)28-21)13-25-9-10-26-19(22(25)27)12-17(24-26)20-8-5-11-29-20/h3-12H,13H2,1-2H3. The Morgan fingerprint density at radius 1 is 1.10 bits per heavy atom. The number of nitrogens with zero attached hydrogens (tertiary/aromatic N) is 4. The first-order valence-electron chi connectivity index (χ1n) is 9.25. The zero-order valence-corrected chi connectivity index (χ0v) is 16.8. The molecule has 144 valence electrons. The number of hydrogen-bond acceptors (Lipinski definition) is 5. The van der Waals surface area contributed by atoms with Crippen molar-refractivity contribution in [2.24, 2.45) is 0 Å². The molecule has 0 unspecified atom stereocenters. The Bertz CT molecular complexity index is 1380. The molecule has 0 aliphatic heterocycles. The van der Waals surface area contributed by atoms with Gasteiger partial charge in [0.1, 0.15) is 22.7 Å². The van der Waals surface area contributed by atoms with Crippen molar-refractivity contribution in [1.82, 2.24) is 19.2 Å². The van der Waals surface area contributed by atoms with Crippen molar-refractivity contribution in [2.45, 2.75) is 20.4 Å². The molecule has 29 heavy (non-hydrogen) atoms. The van der Waals surface area contributed by atoms with E-state index in [9.17, 15) is 4.79 Å². The van der Waals surface area contributed by atoms with Gasteiger partial charge in [-0.1, -0.05) is 24.3 Å². The molecule has 0 atom stereocenters. The molecule has 0 bridgehead atoms. The monoisotopic (exact) mass is 402 g/mol. The average Bonchev–Trinajstić information content (AvgIpc) is 3.45. The molecule has 6 nitrogen and oxygen atoms in total. The van der Waals surface area contributed by atoms with Crippen molar-refractivity contribution in [2.75, 3.05) is 0 Å². The molecule has 0 saturated carbocycles. The first kappa shape index (κ1) is 17.6. The van der Waals surface area contributed by atoms with Crippen molar-refractivity contribution in [3.8, 4) is 22.0 Å². The lowest BCUT2D eigenvalue weighted by Crippen LogP contribution is -2.22. The summed E-state index contributed by atoms with van der Waals surface area (Å²) in [6.07, 6.45) is 3.54. The van der Waals surface area contributed by atoms with E-state index in [1.807, 2.05) is 61.7 Å². The lowest BCUT2D eigenvalue weighted by molar-refractivity contribution is 0.537. The first-order chi connectivity index (χ1) is 14.1. The highest BCUT2D eigenvalue weighted by Crippen LogP contribution is 2.25. The summed E-state index contributed by atoms with van der Waals surface area (Å²) in [6, 6.07) is 13.8. The maximum absolute atomic E-state index is 13.0. The number of rotatable bonds is 4. The summed E-state index contributed by atoms with van der Waals surface area (Å²) in [5.74, 6) is 1.29. The summed E-state index contributed by atoms with van der Waals surface area (Å²) < 4.78 is 9.16. The Kier molecular flexibility index (Phi) is 4.17. The van der Waals surface area contributed by atoms with Crippen LogP contribution < -0.4 is 5.56 Å². The van der Waals surface area contributed by atoms with Crippen molar-refractivity contribution in [3.63, 3.8) is 0 Å². The minimum Gasteiger partial charge on any atom is -0.441 e. The van der Waals surface area contributed by atoms with Crippen molar-refractivity contribution >= 4 is 16.9 Å². The van der Waals surface area contributed by atoms with Gasteiger partial charge >= 0.3 is 0 Å². The number of fused-ring (bicyclic) bond motifs is 1. The lowest BCUT2D eigenvalue weighted by atomic mass is 10.1. The van der Waals surface area contributed by atoms with Gasteiger partial charge in [-0.2, -0.15) is 5.10 Å². The first-order valence-corrected chi connectivity index (χ1v) is 10.1. The molecule has 0 saturated heterocycles. The number of aromatic nitrogens is 4. The van der Waals surface area contributed by atoms with E-state index < -0.39 is 0 Å². The van der Waals surface area contributed by atoms with Crippen LogP contribution >= 0.6 is 11.3 Å². The lowest BCUT2D eigenvalue weighted by Gasteiger charge is -2.04. The van der Waals surface area contributed by atoms with Gasteiger partial charge in [0.15, 0.2) is 0 Å². The molecule has 0 aliphatic carbocycles.